The van der Waals surface area contributed by atoms with Crippen LogP contribution < -0.4 is 26.1 Å². The van der Waals surface area contributed by atoms with Crippen LogP contribution in [0.3, 0.4) is 0 Å². The Bertz CT molecular complexity index is 912. The third-order valence-corrected chi connectivity index (χ3v) is 24.2. The molecule has 1 saturated carbocycles. The van der Waals surface area contributed by atoms with Gasteiger partial charge in [0.15, 0.2) is 0 Å². The largest absolute Gasteiger partial charge is 0.285 e. The molecule has 0 aliphatic heterocycles. The minimum absolute atomic E-state index is 0.582. The second-order valence-corrected chi connectivity index (χ2v) is 24.9. The Morgan fingerprint density at radius 2 is 0.905 bits per heavy atom. The normalized spacial score (nSPS) is 15.6. The number of hydrogen-bond acceptors (Lipinski definition) is 1. The summed E-state index contributed by atoms with van der Waals surface area (Å²) in [6.45, 7) is 14.5. The Kier molecular flexibility index (Phi) is 16.1. The zero-order valence-electron chi connectivity index (χ0n) is 28.6. The minimum atomic E-state index is -1.50. The second-order valence-electron chi connectivity index (χ2n) is 13.7. The third kappa shape index (κ3) is 9.63. The molecule has 2 aromatic carbocycles. The summed E-state index contributed by atoms with van der Waals surface area (Å²) in [5, 5.41) is 11.1. The molecule has 3 rings (SSSR count). The van der Waals surface area contributed by atoms with Gasteiger partial charge in [0.2, 0.25) is 0 Å². The summed E-state index contributed by atoms with van der Waals surface area (Å²) in [7, 11) is -3.58. The average Bonchev–Trinajstić information content (AvgIpc) is 2.97. The predicted octanol–water partition coefficient (Wildman–Crippen LogP) is 10.5. The van der Waals surface area contributed by atoms with E-state index in [9.17, 15) is 0 Å². The zero-order valence-corrected chi connectivity index (χ0v) is 31.5. The van der Waals surface area contributed by atoms with Crippen molar-refractivity contribution in [2.45, 2.75) is 167 Å². The van der Waals surface area contributed by atoms with E-state index in [1.165, 1.54) is 120 Å². The Hall–Kier alpha value is -0.736. The van der Waals surface area contributed by atoms with Gasteiger partial charge in [-0.05, 0) is 23.5 Å². The van der Waals surface area contributed by atoms with Gasteiger partial charge in [-0.1, -0.05) is 207 Å². The standard InChI is InChI=1S/C38H66NPSi2/c1-7-26-41(27-8-2,28-9-3)37-24-18-22-35(32-37)40(39-34-20-16-14-13-15-17-21-34)36-23-19-25-38(33-36)42(29-10-4,30-11-5)31-12-6/h18-19,22-25,32-34,39H,7-17,20-21,26-31H2,1-6H3. The first-order valence-electron chi connectivity index (χ1n) is 18.3. The van der Waals surface area contributed by atoms with Crippen molar-refractivity contribution < 1.29 is 0 Å². The molecule has 0 bridgehead atoms. The van der Waals surface area contributed by atoms with Gasteiger partial charge in [-0.25, -0.2) is 0 Å². The highest BCUT2D eigenvalue weighted by Crippen LogP contribution is 2.34. The topological polar surface area (TPSA) is 12.0 Å². The third-order valence-electron chi connectivity index (χ3n) is 10.2. The van der Waals surface area contributed by atoms with E-state index < -0.39 is 24.2 Å². The maximum absolute atomic E-state index is 4.40. The molecule has 0 atom stereocenters. The van der Waals surface area contributed by atoms with E-state index in [2.05, 4.69) is 95.2 Å². The summed E-state index contributed by atoms with van der Waals surface area (Å²) in [5.74, 6) is 0. The van der Waals surface area contributed by atoms with Gasteiger partial charge in [-0.15, -0.1) is 0 Å². The fourth-order valence-electron chi connectivity index (χ4n) is 8.50. The van der Waals surface area contributed by atoms with Crippen molar-refractivity contribution in [1.82, 2.24) is 5.09 Å². The van der Waals surface area contributed by atoms with E-state index >= 15 is 0 Å². The van der Waals surface area contributed by atoms with Gasteiger partial charge in [0.25, 0.3) is 0 Å². The fourth-order valence-corrected chi connectivity index (χ4v) is 21.8. The highest BCUT2D eigenvalue weighted by atomic mass is 31.1. The molecule has 1 aliphatic carbocycles. The molecular weight excluding hydrogens is 558 g/mol. The van der Waals surface area contributed by atoms with Gasteiger partial charge in [-0.2, -0.15) is 0 Å². The van der Waals surface area contributed by atoms with Crippen LogP contribution in [-0.4, -0.2) is 22.2 Å². The van der Waals surface area contributed by atoms with Crippen molar-refractivity contribution in [2.24, 2.45) is 0 Å². The van der Waals surface area contributed by atoms with Crippen molar-refractivity contribution in [3.8, 4) is 0 Å². The quantitative estimate of drug-likeness (QED) is 0.129. The van der Waals surface area contributed by atoms with Crippen LogP contribution in [0.25, 0.3) is 0 Å². The Morgan fingerprint density at radius 1 is 0.548 bits per heavy atom. The van der Waals surface area contributed by atoms with E-state index in [0.717, 1.165) is 0 Å². The Balaban J connectivity index is 2.13. The summed E-state index contributed by atoms with van der Waals surface area (Å²) in [6.07, 6.45) is 17.7. The highest BCUT2D eigenvalue weighted by Gasteiger charge is 2.35. The molecule has 1 N–H and O–H groups in total. The van der Waals surface area contributed by atoms with Crippen LogP contribution >= 0.6 is 8.07 Å². The first-order valence-corrected chi connectivity index (χ1v) is 24.9. The maximum atomic E-state index is 4.40. The predicted molar refractivity (Wildman–Crippen MR) is 200 cm³/mol. The summed E-state index contributed by atoms with van der Waals surface area (Å²) in [6, 6.07) is 29.7. The van der Waals surface area contributed by atoms with Gasteiger partial charge in [0.05, 0.1) is 16.1 Å². The van der Waals surface area contributed by atoms with Gasteiger partial charge in [0.1, 0.15) is 0 Å². The molecule has 0 amide bonds. The molecule has 236 valence electrons. The fraction of sp³-hybridized carbons (Fsp3) is 0.684. The lowest BCUT2D eigenvalue weighted by Crippen LogP contribution is -2.49. The van der Waals surface area contributed by atoms with Gasteiger partial charge in [-0.3, -0.25) is 5.09 Å². The SMILES string of the molecule is CCC[Si](CCC)(CCC)c1cccc(P(NC2CCCCCCC2)c2cccc([Si](CCC)(CCC)CCC)c2)c1. The van der Waals surface area contributed by atoms with E-state index in [1.54, 1.807) is 21.0 Å². The number of benzene rings is 2. The van der Waals surface area contributed by atoms with Crippen LogP contribution in [0.15, 0.2) is 48.5 Å². The lowest BCUT2D eigenvalue weighted by molar-refractivity contribution is 0.436. The molecule has 0 aromatic heterocycles. The van der Waals surface area contributed by atoms with E-state index in [1.807, 2.05) is 0 Å². The summed E-state index contributed by atoms with van der Waals surface area (Å²) >= 11 is 0. The molecule has 1 nitrogen and oxygen atoms in total. The maximum Gasteiger partial charge on any atom is 0.0867 e. The average molecular weight is 624 g/mol. The van der Waals surface area contributed by atoms with E-state index in [-0.39, 0.29) is 0 Å². The van der Waals surface area contributed by atoms with Crippen LogP contribution in [-0.2, 0) is 0 Å². The smallest absolute Gasteiger partial charge is 0.0867 e. The van der Waals surface area contributed by atoms with E-state index in [4.69, 9.17) is 0 Å². The van der Waals surface area contributed by atoms with Crippen LogP contribution in [0.1, 0.15) is 125 Å². The molecule has 0 saturated heterocycles. The number of rotatable bonds is 18. The van der Waals surface area contributed by atoms with Crippen LogP contribution in [0.4, 0.5) is 0 Å². The van der Waals surface area contributed by atoms with Crippen molar-refractivity contribution >= 4 is 45.2 Å². The minimum Gasteiger partial charge on any atom is -0.285 e. The van der Waals surface area contributed by atoms with Crippen molar-refractivity contribution in [1.29, 1.82) is 0 Å². The lowest BCUT2D eigenvalue weighted by Gasteiger charge is -2.35. The van der Waals surface area contributed by atoms with Crippen LogP contribution in [0.5, 0.6) is 0 Å². The first-order chi connectivity index (χ1) is 20.5. The number of hydrogen-bond donors (Lipinski definition) is 1. The molecule has 1 fully saturated rings. The molecule has 0 radical (unpaired) electrons. The summed E-state index contributed by atoms with van der Waals surface area (Å²) in [5.41, 5.74) is 0. The van der Waals surface area contributed by atoms with Crippen LogP contribution in [0, 0.1) is 0 Å². The monoisotopic (exact) mass is 623 g/mol. The summed E-state index contributed by atoms with van der Waals surface area (Å²) < 4.78 is 0. The second kappa shape index (κ2) is 18.9. The molecule has 2 aromatic rings. The van der Waals surface area contributed by atoms with Gasteiger partial charge < -0.3 is 0 Å². The zero-order chi connectivity index (χ0) is 30.3. The molecule has 4 heteroatoms. The molecule has 0 heterocycles. The first kappa shape index (κ1) is 35.7. The van der Waals surface area contributed by atoms with Crippen molar-refractivity contribution in [3.63, 3.8) is 0 Å². The Morgan fingerprint density at radius 3 is 1.26 bits per heavy atom. The van der Waals surface area contributed by atoms with Gasteiger partial charge >= 0.3 is 0 Å². The molecule has 0 unspecified atom stereocenters. The van der Waals surface area contributed by atoms with Crippen molar-refractivity contribution in [2.75, 3.05) is 0 Å². The molecule has 1 aliphatic rings. The van der Waals surface area contributed by atoms with E-state index in [0.29, 0.717) is 6.04 Å². The Labute approximate surface area is 265 Å². The summed E-state index contributed by atoms with van der Waals surface area (Å²) in [4.78, 5) is 0. The van der Waals surface area contributed by atoms with Gasteiger partial charge in [0, 0.05) is 14.1 Å². The van der Waals surface area contributed by atoms with Crippen molar-refractivity contribution in [3.05, 3.63) is 48.5 Å². The molecule has 42 heavy (non-hydrogen) atoms. The highest BCUT2D eigenvalue weighted by molar-refractivity contribution is 7.71. The molecule has 0 spiro atoms. The lowest BCUT2D eigenvalue weighted by atomic mass is 9.97. The van der Waals surface area contributed by atoms with Crippen LogP contribution in [0.2, 0.25) is 36.3 Å². The molecular formula is C38H66NPSi2. The number of nitrogens with one attached hydrogen (secondary N) is 1.